The highest BCUT2D eigenvalue weighted by atomic mass is 32.2. The van der Waals surface area contributed by atoms with Crippen molar-refractivity contribution in [3.8, 4) is 5.75 Å². The molecule has 0 saturated heterocycles. The van der Waals surface area contributed by atoms with Crippen molar-refractivity contribution >= 4 is 10.0 Å². The van der Waals surface area contributed by atoms with Gasteiger partial charge in [0.25, 0.3) is 0 Å². The van der Waals surface area contributed by atoms with Gasteiger partial charge in [0.15, 0.2) is 0 Å². The summed E-state index contributed by atoms with van der Waals surface area (Å²) < 4.78 is 36.4. The predicted molar refractivity (Wildman–Crippen MR) is 125 cm³/mol. The third kappa shape index (κ3) is 5.05. The highest BCUT2D eigenvalue weighted by Crippen LogP contribution is 2.29. The Morgan fingerprint density at radius 3 is 2.56 bits per heavy atom. The zero-order valence-electron chi connectivity index (χ0n) is 18.8. The van der Waals surface area contributed by atoms with E-state index in [4.69, 9.17) is 4.74 Å². The standard InChI is InChI=1S/C25H31N3O3S/c1-20-11-13-24(14-12-20)32(29,30)28(22-8-4-3-5-9-22)19-25-26-15-16-27(25)18-21-7-6-10-23(17-21)31-2/h6-7,10-17,22H,3-5,8-9,18-19H2,1-2H3. The molecule has 170 valence electrons. The zero-order valence-corrected chi connectivity index (χ0v) is 19.6. The van der Waals surface area contributed by atoms with Gasteiger partial charge < -0.3 is 9.30 Å². The number of aryl methyl sites for hydroxylation is 1. The SMILES string of the molecule is COc1cccc(Cn2ccnc2CN(C2CCCCC2)S(=O)(=O)c2ccc(C)cc2)c1. The van der Waals surface area contributed by atoms with Gasteiger partial charge in [-0.1, -0.05) is 49.1 Å². The molecule has 1 aliphatic carbocycles. The number of hydrogen-bond acceptors (Lipinski definition) is 4. The van der Waals surface area contributed by atoms with Crippen LogP contribution in [0, 0.1) is 6.92 Å². The third-order valence-corrected chi connectivity index (χ3v) is 8.11. The molecule has 0 N–H and O–H groups in total. The molecule has 0 bridgehead atoms. The third-order valence-electron chi connectivity index (χ3n) is 6.20. The van der Waals surface area contributed by atoms with E-state index in [1.807, 2.05) is 54.1 Å². The Morgan fingerprint density at radius 1 is 1.09 bits per heavy atom. The second-order valence-electron chi connectivity index (χ2n) is 8.48. The van der Waals surface area contributed by atoms with Gasteiger partial charge in [-0.25, -0.2) is 13.4 Å². The summed E-state index contributed by atoms with van der Waals surface area (Å²) in [6.45, 7) is 2.83. The Balaban J connectivity index is 1.63. The van der Waals surface area contributed by atoms with E-state index in [9.17, 15) is 8.42 Å². The average molecular weight is 454 g/mol. The first-order chi connectivity index (χ1) is 15.5. The summed E-state index contributed by atoms with van der Waals surface area (Å²) in [5.74, 6) is 1.55. The van der Waals surface area contributed by atoms with E-state index in [1.165, 1.54) is 6.42 Å². The predicted octanol–water partition coefficient (Wildman–Crippen LogP) is 4.77. The molecule has 2 aromatic carbocycles. The van der Waals surface area contributed by atoms with E-state index in [1.54, 1.807) is 29.7 Å². The minimum absolute atomic E-state index is 0.00276. The van der Waals surface area contributed by atoms with Crippen LogP contribution in [0.1, 0.15) is 49.1 Å². The first kappa shape index (κ1) is 22.6. The minimum Gasteiger partial charge on any atom is -0.497 e. The number of aromatic nitrogens is 2. The molecule has 0 aliphatic heterocycles. The van der Waals surface area contributed by atoms with Crippen LogP contribution in [0.2, 0.25) is 0 Å². The highest BCUT2D eigenvalue weighted by molar-refractivity contribution is 7.89. The van der Waals surface area contributed by atoms with E-state index in [-0.39, 0.29) is 12.6 Å². The molecule has 3 aromatic rings. The van der Waals surface area contributed by atoms with Crippen molar-refractivity contribution in [1.29, 1.82) is 0 Å². The van der Waals surface area contributed by atoms with Crippen LogP contribution in [-0.2, 0) is 23.1 Å². The first-order valence-electron chi connectivity index (χ1n) is 11.2. The second-order valence-corrected chi connectivity index (χ2v) is 10.4. The van der Waals surface area contributed by atoms with Crippen LogP contribution in [0.4, 0.5) is 0 Å². The Hall–Kier alpha value is -2.64. The number of imidazole rings is 1. The van der Waals surface area contributed by atoms with E-state index in [2.05, 4.69) is 4.98 Å². The van der Waals surface area contributed by atoms with E-state index in [0.29, 0.717) is 11.4 Å². The molecule has 1 aromatic heterocycles. The quantitative estimate of drug-likeness (QED) is 0.493. The van der Waals surface area contributed by atoms with Gasteiger partial charge in [-0.2, -0.15) is 4.31 Å². The Kier molecular flexibility index (Phi) is 6.96. The first-order valence-corrected chi connectivity index (χ1v) is 12.6. The van der Waals surface area contributed by atoms with Crippen molar-refractivity contribution in [3.63, 3.8) is 0 Å². The Labute approximate surface area is 190 Å². The van der Waals surface area contributed by atoms with Gasteiger partial charge in [-0.05, 0) is 49.6 Å². The summed E-state index contributed by atoms with van der Waals surface area (Å²) >= 11 is 0. The molecular formula is C25H31N3O3S. The second kappa shape index (κ2) is 9.88. The van der Waals surface area contributed by atoms with Crippen LogP contribution in [0.5, 0.6) is 5.75 Å². The Bertz CT molecular complexity index is 1130. The average Bonchev–Trinajstić information content (AvgIpc) is 3.25. The van der Waals surface area contributed by atoms with Crippen LogP contribution in [0.3, 0.4) is 0 Å². The molecule has 1 heterocycles. The summed E-state index contributed by atoms with van der Waals surface area (Å²) in [5, 5.41) is 0. The molecule has 1 fully saturated rings. The molecule has 32 heavy (non-hydrogen) atoms. The number of methoxy groups -OCH3 is 1. The maximum absolute atomic E-state index is 13.7. The van der Waals surface area contributed by atoms with Crippen molar-refractivity contribution in [3.05, 3.63) is 77.9 Å². The van der Waals surface area contributed by atoms with Gasteiger partial charge in [0, 0.05) is 25.0 Å². The summed E-state index contributed by atoms with van der Waals surface area (Å²) in [7, 11) is -1.98. The maximum Gasteiger partial charge on any atom is 0.243 e. The molecule has 0 unspecified atom stereocenters. The van der Waals surface area contributed by atoms with E-state index < -0.39 is 10.0 Å². The lowest BCUT2D eigenvalue weighted by Crippen LogP contribution is -2.41. The van der Waals surface area contributed by atoms with E-state index in [0.717, 1.165) is 48.4 Å². The molecule has 1 saturated carbocycles. The lowest BCUT2D eigenvalue weighted by atomic mass is 9.95. The molecule has 0 atom stereocenters. The molecule has 6 nitrogen and oxygen atoms in total. The van der Waals surface area contributed by atoms with Crippen molar-refractivity contribution in [2.24, 2.45) is 0 Å². The van der Waals surface area contributed by atoms with Gasteiger partial charge in [0.05, 0.1) is 18.6 Å². The molecule has 4 rings (SSSR count). The number of ether oxygens (including phenoxy) is 1. The van der Waals surface area contributed by atoms with Crippen LogP contribution in [-0.4, -0.2) is 35.4 Å². The largest absolute Gasteiger partial charge is 0.497 e. The fraction of sp³-hybridized carbons (Fsp3) is 0.400. The summed E-state index contributed by atoms with van der Waals surface area (Å²) in [6.07, 6.45) is 8.72. The smallest absolute Gasteiger partial charge is 0.243 e. The van der Waals surface area contributed by atoms with Crippen molar-refractivity contribution in [1.82, 2.24) is 13.9 Å². The van der Waals surface area contributed by atoms with Crippen molar-refractivity contribution in [2.45, 2.75) is 63.1 Å². The number of nitrogens with zero attached hydrogens (tertiary/aromatic N) is 3. The number of rotatable bonds is 8. The van der Waals surface area contributed by atoms with Crippen LogP contribution < -0.4 is 4.74 Å². The lowest BCUT2D eigenvalue weighted by Gasteiger charge is -2.33. The topological polar surface area (TPSA) is 64.4 Å². The van der Waals surface area contributed by atoms with E-state index >= 15 is 0 Å². The molecular weight excluding hydrogens is 422 g/mol. The van der Waals surface area contributed by atoms with Gasteiger partial charge in [-0.3, -0.25) is 0 Å². The van der Waals surface area contributed by atoms with Crippen molar-refractivity contribution in [2.75, 3.05) is 7.11 Å². The summed E-state index contributed by atoms with van der Waals surface area (Å²) in [4.78, 5) is 4.88. The highest BCUT2D eigenvalue weighted by Gasteiger charge is 2.33. The number of sulfonamides is 1. The number of hydrogen-bond donors (Lipinski definition) is 0. The molecule has 0 amide bonds. The zero-order chi connectivity index (χ0) is 22.6. The molecule has 0 radical (unpaired) electrons. The maximum atomic E-state index is 13.7. The van der Waals surface area contributed by atoms with Gasteiger partial charge in [-0.15, -0.1) is 0 Å². The molecule has 0 spiro atoms. The minimum atomic E-state index is -3.63. The summed E-state index contributed by atoms with van der Waals surface area (Å²) in [6, 6.07) is 15.0. The van der Waals surface area contributed by atoms with Crippen molar-refractivity contribution < 1.29 is 13.2 Å². The fourth-order valence-electron chi connectivity index (χ4n) is 4.37. The van der Waals surface area contributed by atoms with Gasteiger partial charge in [0.2, 0.25) is 10.0 Å². The number of benzene rings is 2. The monoisotopic (exact) mass is 453 g/mol. The van der Waals surface area contributed by atoms with Gasteiger partial charge >= 0.3 is 0 Å². The van der Waals surface area contributed by atoms with Gasteiger partial charge in [0.1, 0.15) is 11.6 Å². The fourth-order valence-corrected chi connectivity index (χ4v) is 6.01. The Morgan fingerprint density at radius 2 is 1.84 bits per heavy atom. The molecule has 7 heteroatoms. The molecule has 1 aliphatic rings. The lowest BCUT2D eigenvalue weighted by molar-refractivity contribution is 0.242. The van der Waals surface area contributed by atoms with Crippen LogP contribution in [0.25, 0.3) is 0 Å². The van der Waals surface area contributed by atoms with Crippen LogP contribution in [0.15, 0.2) is 65.8 Å². The normalized spacial score (nSPS) is 15.2. The van der Waals surface area contributed by atoms with Crippen LogP contribution >= 0.6 is 0 Å². The summed E-state index contributed by atoms with van der Waals surface area (Å²) in [5.41, 5.74) is 2.12.